The van der Waals surface area contributed by atoms with Gasteiger partial charge in [0.2, 0.25) is 0 Å². The molecule has 1 N–H and O–H groups in total. The van der Waals surface area contributed by atoms with Crippen molar-refractivity contribution in [3.63, 3.8) is 0 Å². The Morgan fingerprint density at radius 3 is 2.52 bits per heavy atom. The van der Waals surface area contributed by atoms with Crippen LogP contribution in [0.5, 0.6) is 0 Å². The van der Waals surface area contributed by atoms with Crippen LogP contribution in [0.15, 0.2) is 32.8 Å². The Kier molecular flexibility index (Phi) is 5.17. The van der Waals surface area contributed by atoms with Crippen LogP contribution >= 0.6 is 46.6 Å². The summed E-state index contributed by atoms with van der Waals surface area (Å²) in [4.78, 5) is 25.5. The van der Waals surface area contributed by atoms with Gasteiger partial charge in [-0.15, -0.1) is 0 Å². The van der Waals surface area contributed by atoms with Crippen molar-refractivity contribution in [2.24, 2.45) is 0 Å². The van der Waals surface area contributed by atoms with Crippen LogP contribution in [0.2, 0.25) is 10.0 Å². The van der Waals surface area contributed by atoms with Crippen molar-refractivity contribution in [1.29, 1.82) is 0 Å². The standard InChI is InChI=1S/C16H10Cl3F2NO2S/c17-10-4-3-8(7-1-2-7)13(18)14(10)25-11-5-12(16(19,20)21)22-15(24)9(11)6-23/h3-7H,1-2H2,(H,22,24). The molecule has 9 heteroatoms. The maximum absolute atomic E-state index is 13.4. The molecule has 0 radical (unpaired) electrons. The fourth-order valence-corrected chi connectivity index (χ4v) is 4.23. The fourth-order valence-electron chi connectivity index (χ4n) is 2.36. The smallest absolute Gasteiger partial charge is 0.319 e. The van der Waals surface area contributed by atoms with Gasteiger partial charge in [0.1, 0.15) is 5.69 Å². The Balaban J connectivity index is 2.12. The number of H-pyrrole nitrogens is 1. The Labute approximate surface area is 160 Å². The second kappa shape index (κ2) is 6.91. The molecule has 132 valence electrons. The summed E-state index contributed by atoms with van der Waals surface area (Å²) in [5.41, 5.74) is -1.15. The lowest BCUT2D eigenvalue weighted by molar-refractivity contribution is 0.0891. The summed E-state index contributed by atoms with van der Waals surface area (Å²) in [7, 11) is 0. The molecular weight excluding hydrogens is 415 g/mol. The molecule has 0 saturated heterocycles. The van der Waals surface area contributed by atoms with E-state index in [-0.39, 0.29) is 10.5 Å². The van der Waals surface area contributed by atoms with Gasteiger partial charge in [-0.1, -0.05) is 41.0 Å². The molecule has 0 amide bonds. The first-order valence-electron chi connectivity index (χ1n) is 7.17. The van der Waals surface area contributed by atoms with Gasteiger partial charge in [0.25, 0.3) is 5.56 Å². The van der Waals surface area contributed by atoms with Gasteiger partial charge in [0.15, 0.2) is 6.29 Å². The normalized spacial score (nSPS) is 14.6. The van der Waals surface area contributed by atoms with Crippen molar-refractivity contribution in [2.45, 2.75) is 33.9 Å². The zero-order valence-electron chi connectivity index (χ0n) is 12.4. The molecule has 1 aliphatic rings. The van der Waals surface area contributed by atoms with Crippen molar-refractivity contribution in [1.82, 2.24) is 4.98 Å². The number of benzene rings is 1. The van der Waals surface area contributed by atoms with E-state index in [1.807, 2.05) is 11.1 Å². The van der Waals surface area contributed by atoms with Crippen molar-refractivity contribution in [3.05, 3.63) is 55.4 Å². The number of halogens is 5. The van der Waals surface area contributed by atoms with Crippen LogP contribution in [0.25, 0.3) is 0 Å². The summed E-state index contributed by atoms with van der Waals surface area (Å²) in [5.74, 6) is 0.344. The number of hydrogen-bond acceptors (Lipinski definition) is 3. The largest absolute Gasteiger partial charge is 0.362 e. The summed E-state index contributed by atoms with van der Waals surface area (Å²) in [5, 5.41) is -3.08. The molecule has 3 rings (SSSR count). The van der Waals surface area contributed by atoms with E-state index in [4.69, 9.17) is 34.8 Å². The number of pyridine rings is 1. The molecule has 3 nitrogen and oxygen atoms in total. The zero-order valence-corrected chi connectivity index (χ0v) is 15.5. The summed E-state index contributed by atoms with van der Waals surface area (Å²) in [6, 6.07) is 4.44. The van der Waals surface area contributed by atoms with Gasteiger partial charge in [-0.2, -0.15) is 8.78 Å². The lowest BCUT2D eigenvalue weighted by atomic mass is 10.1. The molecule has 0 bridgehead atoms. The molecule has 1 fully saturated rings. The summed E-state index contributed by atoms with van der Waals surface area (Å²) in [6.07, 6.45) is 2.32. The van der Waals surface area contributed by atoms with Gasteiger partial charge in [-0.05, 0) is 48.1 Å². The number of aldehydes is 1. The summed E-state index contributed by atoms with van der Waals surface area (Å²) >= 11 is 18.5. The van der Waals surface area contributed by atoms with Crippen molar-refractivity contribution >= 4 is 52.9 Å². The van der Waals surface area contributed by atoms with Gasteiger partial charge < -0.3 is 4.98 Å². The van der Waals surface area contributed by atoms with E-state index < -0.39 is 16.6 Å². The van der Waals surface area contributed by atoms with E-state index >= 15 is 0 Å². The van der Waals surface area contributed by atoms with Crippen LogP contribution in [0.3, 0.4) is 0 Å². The third kappa shape index (κ3) is 3.87. The number of nitrogens with one attached hydrogen (secondary N) is 1. The van der Waals surface area contributed by atoms with Gasteiger partial charge in [0.05, 0.1) is 15.6 Å². The van der Waals surface area contributed by atoms with Gasteiger partial charge in [-0.3, -0.25) is 9.59 Å². The van der Waals surface area contributed by atoms with Crippen LogP contribution < -0.4 is 5.56 Å². The molecule has 2 aromatic rings. The van der Waals surface area contributed by atoms with E-state index in [0.29, 0.717) is 27.1 Å². The maximum Gasteiger partial charge on any atom is 0.362 e. The summed E-state index contributed by atoms with van der Waals surface area (Å²) < 4.78 is 26.7. The number of alkyl halides is 3. The van der Waals surface area contributed by atoms with E-state index in [1.165, 1.54) is 0 Å². The van der Waals surface area contributed by atoms with Crippen LogP contribution in [0.4, 0.5) is 8.78 Å². The van der Waals surface area contributed by atoms with E-state index in [9.17, 15) is 18.4 Å². The quantitative estimate of drug-likeness (QED) is 0.487. The molecule has 1 aromatic carbocycles. The van der Waals surface area contributed by atoms with Crippen molar-refractivity contribution in [3.8, 4) is 0 Å². The SMILES string of the molecule is O=Cc1c(Sc2c(Cl)ccc(C3CC3)c2Cl)cc(C(F)(F)Cl)[nH]c1=O. The molecule has 1 aromatic heterocycles. The van der Waals surface area contributed by atoms with Crippen molar-refractivity contribution in [2.75, 3.05) is 0 Å². The minimum atomic E-state index is -3.78. The third-order valence-electron chi connectivity index (χ3n) is 3.77. The van der Waals surface area contributed by atoms with Crippen molar-refractivity contribution < 1.29 is 13.6 Å². The lowest BCUT2D eigenvalue weighted by Gasteiger charge is -2.14. The van der Waals surface area contributed by atoms with Gasteiger partial charge in [0, 0.05) is 9.79 Å². The monoisotopic (exact) mass is 423 g/mol. The average molecular weight is 425 g/mol. The van der Waals surface area contributed by atoms with Gasteiger partial charge in [-0.25, -0.2) is 0 Å². The highest BCUT2D eigenvalue weighted by atomic mass is 35.5. The molecule has 1 aliphatic carbocycles. The predicted molar refractivity (Wildman–Crippen MR) is 94.8 cm³/mol. The summed E-state index contributed by atoms with van der Waals surface area (Å²) in [6.45, 7) is 0. The van der Waals surface area contributed by atoms with Crippen LogP contribution in [-0.2, 0) is 5.38 Å². The highest BCUT2D eigenvalue weighted by Gasteiger charge is 2.31. The molecule has 25 heavy (non-hydrogen) atoms. The molecule has 1 heterocycles. The van der Waals surface area contributed by atoms with Crippen LogP contribution in [0.1, 0.15) is 40.4 Å². The Morgan fingerprint density at radius 1 is 1.28 bits per heavy atom. The topological polar surface area (TPSA) is 49.9 Å². The van der Waals surface area contributed by atoms with E-state index in [0.717, 1.165) is 36.2 Å². The number of aromatic amines is 1. The zero-order chi connectivity index (χ0) is 18.4. The Hall–Kier alpha value is -1.08. The molecule has 0 spiro atoms. The molecule has 1 saturated carbocycles. The second-order valence-corrected chi connectivity index (χ2v) is 7.87. The highest BCUT2D eigenvalue weighted by molar-refractivity contribution is 7.99. The average Bonchev–Trinajstić information content (AvgIpc) is 3.35. The number of carbonyl (C=O) groups is 1. The minimum Gasteiger partial charge on any atom is -0.319 e. The van der Waals surface area contributed by atoms with E-state index in [2.05, 4.69) is 0 Å². The predicted octanol–water partition coefficient (Wildman–Crippen LogP) is 5.81. The first kappa shape index (κ1) is 18.7. The minimum absolute atomic E-state index is 0.00539. The van der Waals surface area contributed by atoms with Gasteiger partial charge >= 0.3 is 5.38 Å². The first-order valence-corrected chi connectivity index (χ1v) is 9.13. The number of carbonyl (C=O) groups excluding carboxylic acids is 1. The molecule has 0 aliphatic heterocycles. The Morgan fingerprint density at radius 2 is 1.96 bits per heavy atom. The maximum atomic E-state index is 13.4. The highest BCUT2D eigenvalue weighted by Crippen LogP contribution is 2.49. The Bertz CT molecular complexity index is 907. The fraction of sp³-hybridized carbons (Fsp3) is 0.250. The number of rotatable bonds is 5. The second-order valence-electron chi connectivity index (χ2n) is 5.56. The molecule has 0 unspecified atom stereocenters. The molecule has 0 atom stereocenters. The van der Waals surface area contributed by atoms with Crippen LogP contribution in [-0.4, -0.2) is 11.3 Å². The molecular formula is C16H10Cl3F2NO2S. The first-order chi connectivity index (χ1) is 11.7. The van der Waals surface area contributed by atoms with E-state index in [1.54, 1.807) is 6.07 Å². The lowest BCUT2D eigenvalue weighted by Crippen LogP contribution is -2.20. The third-order valence-corrected chi connectivity index (χ3v) is 6.10. The number of aromatic nitrogens is 1. The number of hydrogen-bond donors (Lipinski definition) is 1. The van der Waals surface area contributed by atoms with Crippen LogP contribution in [0, 0.1) is 0 Å².